The fourth-order valence-electron chi connectivity index (χ4n) is 3.92. The van der Waals surface area contributed by atoms with Gasteiger partial charge in [-0.05, 0) is 31.5 Å². The lowest BCUT2D eigenvalue weighted by atomic mass is 10.1. The zero-order valence-corrected chi connectivity index (χ0v) is 16.3. The van der Waals surface area contributed by atoms with Gasteiger partial charge >= 0.3 is 5.76 Å². The fraction of sp³-hybridized carbons (Fsp3) is 0.364. The molecule has 4 rings (SSSR count). The molecule has 6 heteroatoms. The SMILES string of the molecule is Cc1cccc(CN2CCN(C(=O)C(C)n3c(=O)oc4ccccc43)CC2)c1. The van der Waals surface area contributed by atoms with Gasteiger partial charge in [-0.15, -0.1) is 0 Å². The van der Waals surface area contributed by atoms with Crippen molar-refractivity contribution in [1.29, 1.82) is 0 Å². The summed E-state index contributed by atoms with van der Waals surface area (Å²) in [4.78, 5) is 29.5. The number of nitrogens with zero attached hydrogens (tertiary/aromatic N) is 3. The van der Waals surface area contributed by atoms with Gasteiger partial charge in [0.25, 0.3) is 0 Å². The number of fused-ring (bicyclic) bond motifs is 1. The minimum Gasteiger partial charge on any atom is -0.408 e. The summed E-state index contributed by atoms with van der Waals surface area (Å²) in [5.41, 5.74) is 3.73. The summed E-state index contributed by atoms with van der Waals surface area (Å²) in [6.07, 6.45) is 0. The van der Waals surface area contributed by atoms with Crippen LogP contribution in [0.25, 0.3) is 11.1 Å². The van der Waals surface area contributed by atoms with Gasteiger partial charge in [-0.2, -0.15) is 0 Å². The number of carbonyl (C=O) groups excluding carboxylic acids is 1. The van der Waals surface area contributed by atoms with Crippen molar-refractivity contribution >= 4 is 17.0 Å². The summed E-state index contributed by atoms with van der Waals surface area (Å²) in [6, 6.07) is 15.2. The number of rotatable bonds is 4. The molecule has 1 amide bonds. The predicted octanol–water partition coefficient (Wildman–Crippen LogP) is 2.81. The summed E-state index contributed by atoms with van der Waals surface area (Å²) in [6.45, 7) is 7.75. The lowest BCUT2D eigenvalue weighted by Crippen LogP contribution is -2.50. The van der Waals surface area contributed by atoms with E-state index in [0.717, 1.165) is 19.6 Å². The Morgan fingerprint density at radius 3 is 2.57 bits per heavy atom. The maximum atomic E-state index is 13.0. The molecule has 1 unspecified atom stereocenters. The van der Waals surface area contributed by atoms with Crippen molar-refractivity contribution in [2.45, 2.75) is 26.4 Å². The van der Waals surface area contributed by atoms with Crippen molar-refractivity contribution in [2.75, 3.05) is 26.2 Å². The van der Waals surface area contributed by atoms with Gasteiger partial charge in [0.05, 0.1) is 5.52 Å². The summed E-state index contributed by atoms with van der Waals surface area (Å²) in [5, 5.41) is 0. The number of oxazole rings is 1. The number of hydrogen-bond acceptors (Lipinski definition) is 4. The first-order chi connectivity index (χ1) is 13.5. The van der Waals surface area contributed by atoms with Crippen molar-refractivity contribution in [3.8, 4) is 0 Å². The predicted molar refractivity (Wildman–Crippen MR) is 108 cm³/mol. The Balaban J connectivity index is 1.42. The van der Waals surface area contributed by atoms with E-state index in [1.54, 1.807) is 13.0 Å². The van der Waals surface area contributed by atoms with Crippen LogP contribution in [0.5, 0.6) is 0 Å². The zero-order chi connectivity index (χ0) is 19.7. The van der Waals surface area contributed by atoms with E-state index in [4.69, 9.17) is 4.42 Å². The van der Waals surface area contributed by atoms with Crippen LogP contribution >= 0.6 is 0 Å². The molecule has 0 spiro atoms. The lowest BCUT2D eigenvalue weighted by molar-refractivity contribution is -0.136. The van der Waals surface area contributed by atoms with Crippen LogP contribution in [-0.4, -0.2) is 46.5 Å². The summed E-state index contributed by atoms with van der Waals surface area (Å²) in [5.74, 6) is -0.524. The van der Waals surface area contributed by atoms with E-state index in [-0.39, 0.29) is 5.91 Å². The second-order valence-electron chi connectivity index (χ2n) is 7.47. The van der Waals surface area contributed by atoms with E-state index in [1.165, 1.54) is 15.7 Å². The Morgan fingerprint density at radius 2 is 1.82 bits per heavy atom. The van der Waals surface area contributed by atoms with Gasteiger partial charge in [-0.3, -0.25) is 14.3 Å². The van der Waals surface area contributed by atoms with E-state index in [9.17, 15) is 9.59 Å². The quantitative estimate of drug-likeness (QED) is 0.699. The standard InChI is InChI=1S/C22H25N3O3/c1-16-6-5-7-18(14-16)15-23-10-12-24(13-11-23)21(26)17(2)25-19-8-3-4-9-20(19)28-22(25)27/h3-9,14,17H,10-13,15H2,1-2H3. The second kappa shape index (κ2) is 7.64. The van der Waals surface area contributed by atoms with Gasteiger partial charge in [-0.25, -0.2) is 4.79 Å². The minimum atomic E-state index is -0.584. The monoisotopic (exact) mass is 379 g/mol. The maximum absolute atomic E-state index is 13.0. The Labute approximate surface area is 164 Å². The van der Waals surface area contributed by atoms with Gasteiger partial charge in [0.15, 0.2) is 5.58 Å². The Bertz CT molecular complexity index is 1040. The van der Waals surface area contributed by atoms with Gasteiger partial charge in [-0.1, -0.05) is 42.0 Å². The number of benzene rings is 2. The molecule has 0 aliphatic carbocycles. The van der Waals surface area contributed by atoms with Gasteiger partial charge < -0.3 is 9.32 Å². The maximum Gasteiger partial charge on any atom is 0.420 e. The molecule has 0 saturated carbocycles. The van der Waals surface area contributed by atoms with Crippen LogP contribution < -0.4 is 5.76 Å². The van der Waals surface area contributed by atoms with Gasteiger partial charge in [0.2, 0.25) is 5.91 Å². The number of hydrogen-bond donors (Lipinski definition) is 0. The number of piperazine rings is 1. The summed E-state index contributed by atoms with van der Waals surface area (Å²) < 4.78 is 6.73. The van der Waals surface area contributed by atoms with E-state index < -0.39 is 11.8 Å². The van der Waals surface area contributed by atoms with Crippen LogP contribution in [0.2, 0.25) is 0 Å². The molecule has 1 saturated heterocycles. The zero-order valence-electron chi connectivity index (χ0n) is 16.3. The molecule has 1 fully saturated rings. The fourth-order valence-corrected chi connectivity index (χ4v) is 3.92. The van der Waals surface area contributed by atoms with Crippen LogP contribution in [-0.2, 0) is 11.3 Å². The Hall–Kier alpha value is -2.86. The lowest BCUT2D eigenvalue weighted by Gasteiger charge is -2.36. The van der Waals surface area contributed by atoms with Crippen molar-refractivity contribution in [1.82, 2.24) is 14.4 Å². The normalized spacial score (nSPS) is 16.4. The second-order valence-corrected chi connectivity index (χ2v) is 7.47. The average Bonchev–Trinajstić information content (AvgIpc) is 3.03. The molecule has 1 aliphatic rings. The molecule has 1 aromatic heterocycles. The van der Waals surface area contributed by atoms with Crippen LogP contribution in [0.1, 0.15) is 24.1 Å². The molecular weight excluding hydrogens is 354 g/mol. The molecular formula is C22H25N3O3. The largest absolute Gasteiger partial charge is 0.420 e. The van der Waals surface area contributed by atoms with Gasteiger partial charge in [0.1, 0.15) is 6.04 Å². The first kappa shape index (κ1) is 18.5. The van der Waals surface area contributed by atoms with E-state index in [0.29, 0.717) is 24.2 Å². The molecule has 1 aliphatic heterocycles. The van der Waals surface area contributed by atoms with Crippen LogP contribution in [0.15, 0.2) is 57.7 Å². The van der Waals surface area contributed by atoms with Crippen molar-refractivity contribution in [3.63, 3.8) is 0 Å². The van der Waals surface area contributed by atoms with E-state index in [1.807, 2.05) is 23.1 Å². The highest BCUT2D eigenvalue weighted by atomic mass is 16.4. The minimum absolute atomic E-state index is 0.0381. The molecule has 0 radical (unpaired) electrons. The number of aromatic nitrogens is 1. The smallest absolute Gasteiger partial charge is 0.408 e. The summed E-state index contributed by atoms with van der Waals surface area (Å²) in [7, 11) is 0. The average molecular weight is 379 g/mol. The van der Waals surface area contributed by atoms with Crippen molar-refractivity contribution in [3.05, 3.63) is 70.2 Å². The molecule has 2 heterocycles. The van der Waals surface area contributed by atoms with Crippen molar-refractivity contribution < 1.29 is 9.21 Å². The molecule has 0 N–H and O–H groups in total. The highest BCUT2D eigenvalue weighted by Gasteiger charge is 2.28. The third kappa shape index (κ3) is 3.60. The third-order valence-corrected chi connectivity index (χ3v) is 5.44. The third-order valence-electron chi connectivity index (χ3n) is 5.44. The molecule has 2 aromatic carbocycles. The van der Waals surface area contributed by atoms with E-state index >= 15 is 0 Å². The highest BCUT2D eigenvalue weighted by Crippen LogP contribution is 2.19. The van der Waals surface area contributed by atoms with E-state index in [2.05, 4.69) is 36.1 Å². The number of aryl methyl sites for hydroxylation is 1. The van der Waals surface area contributed by atoms with Crippen LogP contribution in [0, 0.1) is 6.92 Å². The van der Waals surface area contributed by atoms with Crippen LogP contribution in [0.4, 0.5) is 0 Å². The first-order valence-corrected chi connectivity index (χ1v) is 9.69. The Morgan fingerprint density at radius 1 is 1.07 bits per heavy atom. The molecule has 3 aromatic rings. The Kier molecular flexibility index (Phi) is 5.05. The molecule has 1 atom stereocenters. The number of amides is 1. The number of carbonyl (C=O) groups is 1. The van der Waals surface area contributed by atoms with Gasteiger partial charge in [0, 0.05) is 32.7 Å². The first-order valence-electron chi connectivity index (χ1n) is 9.69. The van der Waals surface area contributed by atoms with Crippen LogP contribution in [0.3, 0.4) is 0 Å². The highest BCUT2D eigenvalue weighted by molar-refractivity contribution is 5.83. The molecule has 6 nitrogen and oxygen atoms in total. The molecule has 28 heavy (non-hydrogen) atoms. The topological polar surface area (TPSA) is 58.7 Å². The molecule has 0 bridgehead atoms. The molecule has 146 valence electrons. The number of para-hydroxylation sites is 2. The van der Waals surface area contributed by atoms with Crippen molar-refractivity contribution in [2.24, 2.45) is 0 Å². The summed E-state index contributed by atoms with van der Waals surface area (Å²) >= 11 is 0.